The second-order valence-corrected chi connectivity index (χ2v) is 6.86. The summed E-state index contributed by atoms with van der Waals surface area (Å²) in [5.74, 6) is -0.347. The summed E-state index contributed by atoms with van der Waals surface area (Å²) in [7, 11) is 1.85. The number of hydrogen-bond donors (Lipinski definition) is 2. The Labute approximate surface area is 169 Å². The molecule has 30 heavy (non-hydrogen) atoms. The van der Waals surface area contributed by atoms with Crippen LogP contribution in [0.5, 0.6) is 0 Å². The molecule has 0 aliphatic heterocycles. The van der Waals surface area contributed by atoms with Crippen molar-refractivity contribution < 1.29 is 18.0 Å². The summed E-state index contributed by atoms with van der Waals surface area (Å²) in [5, 5.41) is 3.53. The van der Waals surface area contributed by atoms with Crippen LogP contribution in [0.4, 0.5) is 18.9 Å². The van der Waals surface area contributed by atoms with Crippen LogP contribution in [-0.2, 0) is 18.0 Å². The number of rotatable bonds is 4. The number of carbonyl (C=O) groups is 1. The first-order chi connectivity index (χ1) is 14.2. The quantitative estimate of drug-likeness (QED) is 0.444. The number of halogens is 3. The fourth-order valence-electron chi connectivity index (χ4n) is 3.26. The van der Waals surface area contributed by atoms with Crippen LogP contribution in [0.2, 0.25) is 0 Å². The average molecular weight is 410 g/mol. The number of imidazole rings is 1. The second kappa shape index (κ2) is 7.22. The molecule has 0 radical (unpaired) electrons. The van der Waals surface area contributed by atoms with E-state index < -0.39 is 11.7 Å². The fourth-order valence-corrected chi connectivity index (χ4v) is 3.26. The third-order valence-electron chi connectivity index (χ3n) is 4.69. The summed E-state index contributed by atoms with van der Waals surface area (Å²) < 4.78 is 40.4. The Balaban J connectivity index is 1.84. The van der Waals surface area contributed by atoms with Crippen LogP contribution >= 0.6 is 0 Å². The van der Waals surface area contributed by atoms with Crippen molar-refractivity contribution in [3.05, 3.63) is 73.2 Å². The van der Waals surface area contributed by atoms with Crippen LogP contribution in [0.15, 0.2) is 67.6 Å². The third kappa shape index (κ3) is 3.71. The van der Waals surface area contributed by atoms with E-state index in [1.807, 2.05) is 19.3 Å². The molecule has 8 heteroatoms. The number of anilines is 1. The maximum Gasteiger partial charge on any atom is 0.416 e. The van der Waals surface area contributed by atoms with Gasteiger partial charge in [0.25, 0.3) is 0 Å². The molecule has 0 aliphatic carbocycles. The van der Waals surface area contributed by atoms with Gasteiger partial charge in [-0.05, 0) is 42.0 Å². The Kier molecular flexibility index (Phi) is 4.69. The van der Waals surface area contributed by atoms with Crippen LogP contribution in [0, 0.1) is 0 Å². The number of aromatic nitrogens is 3. The highest BCUT2D eigenvalue weighted by Crippen LogP contribution is 2.35. The van der Waals surface area contributed by atoms with Crippen molar-refractivity contribution in [2.24, 2.45) is 7.05 Å². The SMILES string of the molecule is C=CC(=O)Nc1cc(-c2cn(C)cn2)c2[nH]c(-c3ccc(C(F)(F)F)cc3)cc2c1. The number of hydrogen-bond acceptors (Lipinski definition) is 2. The van der Waals surface area contributed by atoms with E-state index in [0.29, 0.717) is 22.6 Å². The summed E-state index contributed by atoms with van der Waals surface area (Å²) in [6.07, 6.45) is 0.293. The van der Waals surface area contributed by atoms with Crippen LogP contribution < -0.4 is 5.32 Å². The molecule has 2 heterocycles. The number of fused-ring (bicyclic) bond motifs is 1. The van der Waals surface area contributed by atoms with Crippen LogP contribution in [0.25, 0.3) is 33.4 Å². The molecule has 0 saturated heterocycles. The van der Waals surface area contributed by atoms with Gasteiger partial charge < -0.3 is 14.9 Å². The van der Waals surface area contributed by atoms with Crippen molar-refractivity contribution in [3.63, 3.8) is 0 Å². The zero-order chi connectivity index (χ0) is 21.5. The lowest BCUT2D eigenvalue weighted by molar-refractivity contribution is -0.137. The Morgan fingerprint density at radius 1 is 1.20 bits per heavy atom. The van der Waals surface area contributed by atoms with Crippen molar-refractivity contribution in [1.29, 1.82) is 0 Å². The molecule has 1 amide bonds. The monoisotopic (exact) mass is 410 g/mol. The lowest BCUT2D eigenvalue weighted by Gasteiger charge is -2.07. The predicted octanol–water partition coefficient (Wildman–Crippen LogP) is 5.38. The molecule has 2 N–H and O–H groups in total. The van der Waals surface area contributed by atoms with Gasteiger partial charge in [-0.3, -0.25) is 4.79 Å². The van der Waals surface area contributed by atoms with Crippen LogP contribution in [-0.4, -0.2) is 20.4 Å². The highest BCUT2D eigenvalue weighted by atomic mass is 19.4. The van der Waals surface area contributed by atoms with E-state index >= 15 is 0 Å². The smallest absolute Gasteiger partial charge is 0.354 e. The molecule has 0 saturated carbocycles. The molecule has 0 atom stereocenters. The van der Waals surface area contributed by atoms with E-state index in [0.717, 1.165) is 28.6 Å². The summed E-state index contributed by atoms with van der Waals surface area (Å²) in [6, 6.07) is 10.4. The number of aromatic amines is 1. The number of amides is 1. The topological polar surface area (TPSA) is 62.7 Å². The van der Waals surface area contributed by atoms with E-state index in [1.165, 1.54) is 18.2 Å². The van der Waals surface area contributed by atoms with Gasteiger partial charge in [-0.25, -0.2) is 4.98 Å². The molecule has 0 spiro atoms. The van der Waals surface area contributed by atoms with Crippen molar-refractivity contribution >= 4 is 22.5 Å². The van der Waals surface area contributed by atoms with E-state index in [4.69, 9.17) is 0 Å². The molecule has 0 unspecified atom stereocenters. The molecule has 0 bridgehead atoms. The lowest BCUT2D eigenvalue weighted by atomic mass is 10.1. The first kappa shape index (κ1) is 19.5. The molecular weight excluding hydrogens is 393 g/mol. The normalized spacial score (nSPS) is 11.6. The maximum absolute atomic E-state index is 12.9. The highest BCUT2D eigenvalue weighted by molar-refractivity contribution is 6.04. The van der Waals surface area contributed by atoms with Gasteiger partial charge in [0.15, 0.2) is 0 Å². The standard InChI is InChI=1S/C22H17F3N4O/c1-3-20(30)27-16-8-14-9-18(13-4-6-15(7-5-13)22(23,24)25)28-21(14)17(10-16)19-11-29(2)12-26-19/h3-12,28H,1H2,2H3,(H,27,30). The lowest BCUT2D eigenvalue weighted by Crippen LogP contribution is -2.07. The zero-order valence-corrected chi connectivity index (χ0v) is 15.9. The molecule has 0 fully saturated rings. The largest absolute Gasteiger partial charge is 0.416 e. The maximum atomic E-state index is 12.9. The molecule has 152 valence electrons. The number of nitrogens with one attached hydrogen (secondary N) is 2. The van der Waals surface area contributed by atoms with Crippen molar-refractivity contribution in [2.75, 3.05) is 5.32 Å². The Morgan fingerprint density at radius 2 is 1.93 bits per heavy atom. The van der Waals surface area contributed by atoms with Gasteiger partial charge in [-0.1, -0.05) is 18.7 Å². The van der Waals surface area contributed by atoms with Gasteiger partial charge in [0.2, 0.25) is 5.91 Å². The first-order valence-corrected chi connectivity index (χ1v) is 9.01. The fraction of sp³-hybridized carbons (Fsp3) is 0.0909. The van der Waals surface area contributed by atoms with E-state index in [-0.39, 0.29) is 5.91 Å². The minimum absolute atomic E-state index is 0.347. The summed E-state index contributed by atoms with van der Waals surface area (Å²) in [6.45, 7) is 3.46. The highest BCUT2D eigenvalue weighted by Gasteiger charge is 2.30. The van der Waals surface area contributed by atoms with E-state index in [1.54, 1.807) is 23.0 Å². The van der Waals surface area contributed by atoms with Crippen LogP contribution in [0.3, 0.4) is 0 Å². The average Bonchev–Trinajstić information content (AvgIpc) is 3.33. The van der Waals surface area contributed by atoms with Crippen molar-refractivity contribution in [2.45, 2.75) is 6.18 Å². The molecule has 0 aliphatic rings. The Hall–Kier alpha value is -3.81. The third-order valence-corrected chi connectivity index (χ3v) is 4.69. The second-order valence-electron chi connectivity index (χ2n) is 6.86. The summed E-state index contributed by atoms with van der Waals surface area (Å²) in [4.78, 5) is 19.4. The molecule has 4 aromatic rings. The van der Waals surface area contributed by atoms with Gasteiger partial charge in [0.1, 0.15) is 0 Å². The number of H-pyrrole nitrogens is 1. The van der Waals surface area contributed by atoms with E-state index in [2.05, 4.69) is 21.9 Å². The molecule has 5 nitrogen and oxygen atoms in total. The summed E-state index contributed by atoms with van der Waals surface area (Å²) in [5.41, 5.74) is 3.34. The van der Waals surface area contributed by atoms with Gasteiger partial charge >= 0.3 is 6.18 Å². The van der Waals surface area contributed by atoms with Gasteiger partial charge in [0.05, 0.1) is 23.1 Å². The number of alkyl halides is 3. The number of nitrogens with zero attached hydrogens (tertiary/aromatic N) is 2. The van der Waals surface area contributed by atoms with Crippen molar-refractivity contribution in [3.8, 4) is 22.5 Å². The van der Waals surface area contributed by atoms with Gasteiger partial charge in [-0.2, -0.15) is 13.2 Å². The molecular formula is C22H17F3N4O. The Morgan fingerprint density at radius 3 is 2.53 bits per heavy atom. The molecule has 4 rings (SSSR count). The van der Waals surface area contributed by atoms with Crippen molar-refractivity contribution in [1.82, 2.24) is 14.5 Å². The van der Waals surface area contributed by atoms with Gasteiger partial charge in [-0.15, -0.1) is 0 Å². The number of aryl methyl sites for hydroxylation is 1. The minimum Gasteiger partial charge on any atom is -0.354 e. The number of carbonyl (C=O) groups excluding carboxylic acids is 1. The number of benzene rings is 2. The zero-order valence-electron chi connectivity index (χ0n) is 15.9. The minimum atomic E-state index is -4.39. The predicted molar refractivity (Wildman–Crippen MR) is 110 cm³/mol. The molecule has 2 aromatic carbocycles. The van der Waals surface area contributed by atoms with Gasteiger partial charge in [0, 0.05) is 35.6 Å². The van der Waals surface area contributed by atoms with Crippen LogP contribution in [0.1, 0.15) is 5.56 Å². The Bertz CT molecular complexity index is 1250. The first-order valence-electron chi connectivity index (χ1n) is 9.01. The summed E-state index contributed by atoms with van der Waals surface area (Å²) >= 11 is 0. The molecule has 2 aromatic heterocycles. The van der Waals surface area contributed by atoms with E-state index in [9.17, 15) is 18.0 Å².